The maximum absolute atomic E-state index is 13.2. The van der Waals surface area contributed by atoms with Gasteiger partial charge in [-0.25, -0.2) is 9.37 Å². The van der Waals surface area contributed by atoms with Gasteiger partial charge in [0.05, 0.1) is 17.1 Å². The lowest BCUT2D eigenvalue weighted by atomic mass is 10.1. The van der Waals surface area contributed by atoms with Crippen LogP contribution in [0.1, 0.15) is 5.82 Å². The van der Waals surface area contributed by atoms with Crippen molar-refractivity contribution in [2.45, 2.75) is 12.5 Å². The summed E-state index contributed by atoms with van der Waals surface area (Å²) < 4.78 is 15.1. The third-order valence-electron chi connectivity index (χ3n) is 3.45. The third-order valence-corrected chi connectivity index (χ3v) is 3.45. The highest BCUT2D eigenvalue weighted by Crippen LogP contribution is 2.17. The maximum atomic E-state index is 13.2. The molecule has 1 aliphatic heterocycles. The summed E-state index contributed by atoms with van der Waals surface area (Å²) in [7, 11) is 1.88. The quantitative estimate of drug-likeness (QED) is 0.820. The number of nitrogens with zero attached hydrogens (tertiary/aromatic N) is 2. The van der Waals surface area contributed by atoms with Crippen LogP contribution in [0.25, 0.3) is 11.0 Å². The summed E-state index contributed by atoms with van der Waals surface area (Å²) in [5.74, 6) is 0.463. The highest BCUT2D eigenvalue weighted by molar-refractivity contribution is 5.83. The number of hydrogen-bond donors (Lipinski definition) is 2. The van der Waals surface area contributed by atoms with Crippen LogP contribution in [0.5, 0.6) is 0 Å². The van der Waals surface area contributed by atoms with Crippen molar-refractivity contribution in [3.63, 3.8) is 0 Å². The number of amides is 1. The SMILES string of the molecule is Cn1c(CC2NCCNC2=O)nc2cc(F)ccc21. The van der Waals surface area contributed by atoms with Crippen LogP contribution in [0.15, 0.2) is 18.2 Å². The van der Waals surface area contributed by atoms with E-state index in [-0.39, 0.29) is 17.8 Å². The molecule has 0 aliphatic carbocycles. The minimum atomic E-state index is -0.300. The topological polar surface area (TPSA) is 59.0 Å². The van der Waals surface area contributed by atoms with Crippen LogP contribution in [0, 0.1) is 5.82 Å². The number of halogens is 1. The van der Waals surface area contributed by atoms with E-state index in [9.17, 15) is 9.18 Å². The summed E-state index contributed by atoms with van der Waals surface area (Å²) in [6.07, 6.45) is 0.499. The first-order chi connectivity index (χ1) is 9.15. The molecule has 2 aromatic rings. The van der Waals surface area contributed by atoms with Gasteiger partial charge in [-0.05, 0) is 12.1 Å². The third kappa shape index (κ3) is 2.19. The zero-order chi connectivity index (χ0) is 13.4. The number of aromatic nitrogens is 2. The molecule has 5 nitrogen and oxygen atoms in total. The fourth-order valence-corrected chi connectivity index (χ4v) is 2.40. The summed E-state index contributed by atoms with van der Waals surface area (Å²) in [4.78, 5) is 16.1. The Labute approximate surface area is 109 Å². The predicted molar refractivity (Wildman–Crippen MR) is 69.2 cm³/mol. The summed E-state index contributed by atoms with van der Waals surface area (Å²) in [5, 5.41) is 5.98. The average Bonchev–Trinajstić information content (AvgIpc) is 2.68. The summed E-state index contributed by atoms with van der Waals surface area (Å²) in [5.41, 5.74) is 1.49. The minimum Gasteiger partial charge on any atom is -0.353 e. The maximum Gasteiger partial charge on any atom is 0.237 e. The van der Waals surface area contributed by atoms with Gasteiger partial charge in [0.1, 0.15) is 11.6 Å². The first-order valence-corrected chi connectivity index (χ1v) is 6.27. The van der Waals surface area contributed by atoms with Crippen molar-refractivity contribution in [1.29, 1.82) is 0 Å². The number of imidazole rings is 1. The van der Waals surface area contributed by atoms with Crippen molar-refractivity contribution in [2.24, 2.45) is 7.05 Å². The van der Waals surface area contributed by atoms with Crippen LogP contribution in [0.4, 0.5) is 4.39 Å². The van der Waals surface area contributed by atoms with E-state index in [0.29, 0.717) is 18.5 Å². The lowest BCUT2D eigenvalue weighted by Crippen LogP contribution is -2.53. The van der Waals surface area contributed by atoms with Gasteiger partial charge < -0.3 is 15.2 Å². The van der Waals surface area contributed by atoms with Gasteiger partial charge in [-0.1, -0.05) is 0 Å². The Morgan fingerprint density at radius 2 is 2.32 bits per heavy atom. The number of fused-ring (bicyclic) bond motifs is 1. The Morgan fingerprint density at radius 3 is 3.11 bits per heavy atom. The standard InChI is InChI=1S/C13H15FN4O/c1-18-11-3-2-8(14)6-9(11)17-12(18)7-10-13(19)16-5-4-15-10/h2-3,6,10,15H,4-5,7H2,1H3,(H,16,19). The number of piperazine rings is 1. The van der Waals surface area contributed by atoms with Gasteiger partial charge in [-0.3, -0.25) is 4.79 Å². The Bertz CT molecular complexity index is 637. The number of rotatable bonds is 2. The molecule has 1 aromatic carbocycles. The molecule has 1 fully saturated rings. The zero-order valence-corrected chi connectivity index (χ0v) is 10.6. The van der Waals surface area contributed by atoms with Gasteiger partial charge >= 0.3 is 0 Å². The Hall–Kier alpha value is -1.95. The molecule has 100 valence electrons. The average molecular weight is 262 g/mol. The number of benzene rings is 1. The second kappa shape index (κ2) is 4.62. The molecule has 1 aromatic heterocycles. The number of hydrogen-bond acceptors (Lipinski definition) is 3. The van der Waals surface area contributed by atoms with Gasteiger partial charge in [-0.15, -0.1) is 0 Å². The first kappa shape index (κ1) is 12.1. The normalized spacial score (nSPS) is 19.7. The van der Waals surface area contributed by atoms with E-state index in [0.717, 1.165) is 17.9 Å². The number of carbonyl (C=O) groups is 1. The van der Waals surface area contributed by atoms with Crippen molar-refractivity contribution in [2.75, 3.05) is 13.1 Å². The highest BCUT2D eigenvalue weighted by atomic mass is 19.1. The van der Waals surface area contributed by atoms with Crippen LogP contribution in [0.3, 0.4) is 0 Å². The summed E-state index contributed by atoms with van der Waals surface area (Å²) in [6.45, 7) is 1.41. The first-order valence-electron chi connectivity index (χ1n) is 6.27. The number of nitrogens with one attached hydrogen (secondary N) is 2. The summed E-state index contributed by atoms with van der Waals surface area (Å²) >= 11 is 0. The molecule has 0 spiro atoms. The molecule has 19 heavy (non-hydrogen) atoms. The second-order valence-corrected chi connectivity index (χ2v) is 4.72. The van der Waals surface area contributed by atoms with Crippen molar-refractivity contribution in [3.8, 4) is 0 Å². The van der Waals surface area contributed by atoms with Crippen LogP contribution in [0.2, 0.25) is 0 Å². The smallest absolute Gasteiger partial charge is 0.237 e. The molecule has 0 bridgehead atoms. The molecule has 1 amide bonds. The Balaban J connectivity index is 1.92. The largest absolute Gasteiger partial charge is 0.353 e. The molecule has 1 atom stereocenters. The van der Waals surface area contributed by atoms with Crippen molar-refractivity contribution in [1.82, 2.24) is 20.2 Å². The summed E-state index contributed by atoms with van der Waals surface area (Å²) in [6, 6.07) is 4.26. The van der Waals surface area contributed by atoms with Crippen LogP contribution in [-0.2, 0) is 18.3 Å². The zero-order valence-electron chi connectivity index (χ0n) is 10.6. The van der Waals surface area contributed by atoms with E-state index in [4.69, 9.17) is 0 Å². The van der Waals surface area contributed by atoms with Crippen LogP contribution >= 0.6 is 0 Å². The number of aryl methyl sites for hydroxylation is 1. The predicted octanol–water partition coefficient (Wildman–Crippen LogP) is 0.343. The van der Waals surface area contributed by atoms with E-state index in [1.54, 1.807) is 6.07 Å². The molecule has 1 aliphatic rings. The van der Waals surface area contributed by atoms with Gasteiger partial charge in [0.15, 0.2) is 0 Å². The van der Waals surface area contributed by atoms with Crippen LogP contribution in [-0.4, -0.2) is 34.6 Å². The van der Waals surface area contributed by atoms with Gasteiger partial charge in [-0.2, -0.15) is 0 Å². The van der Waals surface area contributed by atoms with Crippen LogP contribution < -0.4 is 10.6 Å². The van der Waals surface area contributed by atoms with E-state index >= 15 is 0 Å². The van der Waals surface area contributed by atoms with Gasteiger partial charge in [0, 0.05) is 32.6 Å². The lowest BCUT2D eigenvalue weighted by molar-refractivity contribution is -0.124. The van der Waals surface area contributed by atoms with Crippen molar-refractivity contribution < 1.29 is 9.18 Å². The molecule has 0 saturated carbocycles. The monoisotopic (exact) mass is 262 g/mol. The molecular formula is C13H15FN4O. The fourth-order valence-electron chi connectivity index (χ4n) is 2.40. The molecular weight excluding hydrogens is 247 g/mol. The van der Waals surface area contributed by atoms with E-state index < -0.39 is 0 Å². The second-order valence-electron chi connectivity index (χ2n) is 4.72. The van der Waals surface area contributed by atoms with Crippen molar-refractivity contribution >= 4 is 16.9 Å². The van der Waals surface area contributed by atoms with Gasteiger partial charge in [0.25, 0.3) is 0 Å². The molecule has 1 unspecified atom stereocenters. The minimum absolute atomic E-state index is 0.00973. The molecule has 0 radical (unpaired) electrons. The fraction of sp³-hybridized carbons (Fsp3) is 0.385. The van der Waals surface area contributed by atoms with E-state index in [2.05, 4.69) is 15.6 Å². The Kier molecular flexibility index (Phi) is 2.94. The molecule has 3 rings (SSSR count). The molecule has 2 heterocycles. The molecule has 2 N–H and O–H groups in total. The molecule has 6 heteroatoms. The Morgan fingerprint density at radius 1 is 1.47 bits per heavy atom. The highest BCUT2D eigenvalue weighted by Gasteiger charge is 2.23. The van der Waals surface area contributed by atoms with Gasteiger partial charge in [0.2, 0.25) is 5.91 Å². The van der Waals surface area contributed by atoms with E-state index in [1.807, 2.05) is 11.6 Å². The van der Waals surface area contributed by atoms with E-state index in [1.165, 1.54) is 12.1 Å². The lowest BCUT2D eigenvalue weighted by Gasteiger charge is -2.23. The van der Waals surface area contributed by atoms with Crippen molar-refractivity contribution in [3.05, 3.63) is 29.8 Å². The number of carbonyl (C=O) groups excluding carboxylic acids is 1. The molecule has 1 saturated heterocycles.